The van der Waals surface area contributed by atoms with Crippen LogP contribution >= 0.6 is 0 Å². The van der Waals surface area contributed by atoms with Crippen molar-refractivity contribution < 1.29 is 36.1 Å². The van der Waals surface area contributed by atoms with Crippen molar-refractivity contribution in [2.75, 3.05) is 18.9 Å². The van der Waals surface area contributed by atoms with Gasteiger partial charge < -0.3 is 35.2 Å². The molecule has 1 aliphatic heterocycles. The third-order valence-electron chi connectivity index (χ3n) is 4.19. The summed E-state index contributed by atoms with van der Waals surface area (Å²) in [5, 5.41) is 42.2. The van der Waals surface area contributed by atoms with E-state index in [2.05, 4.69) is 5.32 Å². The van der Waals surface area contributed by atoms with E-state index in [0.717, 1.165) is 16.8 Å². The molecule has 0 radical (unpaired) electrons. The molecule has 0 aliphatic carbocycles. The van der Waals surface area contributed by atoms with Crippen molar-refractivity contribution in [1.82, 2.24) is 0 Å². The number of anilines is 1. The average Bonchev–Trinajstić information content (AvgIpc) is 2.61. The van der Waals surface area contributed by atoms with Gasteiger partial charge in [-0.15, -0.1) is 0 Å². The Morgan fingerprint density at radius 1 is 1.32 bits per heavy atom. The van der Waals surface area contributed by atoms with E-state index in [9.17, 15) is 20.1 Å². The van der Waals surface area contributed by atoms with Gasteiger partial charge in [-0.2, -0.15) is 0 Å². The number of carboxylic acids is 1. The first-order valence-electron chi connectivity index (χ1n) is 8.74. The number of benzene rings is 1. The SMILES string of the molecule is [2H]COCc1ccc(CC2OC(C(=O)O)C(O)C(O)C2O)c(NCC)c1. The van der Waals surface area contributed by atoms with Gasteiger partial charge in [0.25, 0.3) is 0 Å². The molecule has 25 heavy (non-hydrogen) atoms. The van der Waals surface area contributed by atoms with Crippen LogP contribution in [0.15, 0.2) is 18.2 Å². The zero-order chi connectivity index (χ0) is 19.3. The summed E-state index contributed by atoms with van der Waals surface area (Å²) in [5.41, 5.74) is 2.39. The number of carboxylic acid groups (broad SMARTS) is 1. The van der Waals surface area contributed by atoms with Gasteiger partial charge in [-0.25, -0.2) is 4.79 Å². The highest BCUT2D eigenvalue weighted by Gasteiger charge is 2.46. The number of carbonyl (C=O) groups is 1. The topological polar surface area (TPSA) is 128 Å². The van der Waals surface area contributed by atoms with Crippen LogP contribution in [0.5, 0.6) is 0 Å². The summed E-state index contributed by atoms with van der Waals surface area (Å²) in [6.45, 7) is 2.85. The van der Waals surface area contributed by atoms with Gasteiger partial charge in [0.05, 0.1) is 14.1 Å². The van der Waals surface area contributed by atoms with E-state index in [1.807, 2.05) is 13.0 Å². The lowest BCUT2D eigenvalue weighted by atomic mass is 9.90. The van der Waals surface area contributed by atoms with Crippen molar-refractivity contribution in [2.45, 2.75) is 50.5 Å². The number of rotatable bonds is 7. The van der Waals surface area contributed by atoms with E-state index in [4.69, 9.17) is 16.0 Å². The molecular formula is C17H25NO7. The molecule has 8 nitrogen and oxygen atoms in total. The fourth-order valence-electron chi connectivity index (χ4n) is 2.90. The smallest absolute Gasteiger partial charge is 0.335 e. The number of aliphatic hydroxyl groups is 3. The highest BCUT2D eigenvalue weighted by Crippen LogP contribution is 2.27. The van der Waals surface area contributed by atoms with Crippen molar-refractivity contribution >= 4 is 11.7 Å². The van der Waals surface area contributed by atoms with Crippen molar-refractivity contribution in [3.05, 3.63) is 29.3 Å². The maximum atomic E-state index is 11.2. The Morgan fingerprint density at radius 3 is 2.72 bits per heavy atom. The van der Waals surface area contributed by atoms with E-state index < -0.39 is 36.5 Å². The van der Waals surface area contributed by atoms with Crippen LogP contribution in [0, 0.1) is 0 Å². The number of methoxy groups -OCH3 is 1. The third kappa shape index (κ3) is 4.47. The van der Waals surface area contributed by atoms with Gasteiger partial charge in [0.1, 0.15) is 18.3 Å². The van der Waals surface area contributed by atoms with Crippen LogP contribution in [0.1, 0.15) is 19.4 Å². The van der Waals surface area contributed by atoms with Crippen molar-refractivity contribution in [2.24, 2.45) is 0 Å². The molecule has 0 bridgehead atoms. The summed E-state index contributed by atoms with van der Waals surface area (Å²) in [5.74, 6) is -1.40. The lowest BCUT2D eigenvalue weighted by Crippen LogP contribution is -2.60. The van der Waals surface area contributed by atoms with E-state index in [-0.39, 0.29) is 20.1 Å². The molecule has 1 aromatic carbocycles. The summed E-state index contributed by atoms with van der Waals surface area (Å²) in [6.07, 6.45) is -7.16. The predicted molar refractivity (Wildman–Crippen MR) is 89.3 cm³/mol. The summed E-state index contributed by atoms with van der Waals surface area (Å²) >= 11 is 0. The first kappa shape index (κ1) is 18.1. The number of ether oxygens (including phenoxy) is 2. The Bertz CT molecular complexity index is 615. The largest absolute Gasteiger partial charge is 0.479 e. The van der Waals surface area contributed by atoms with Crippen LogP contribution in [-0.4, -0.2) is 70.5 Å². The molecule has 5 atom stereocenters. The van der Waals surface area contributed by atoms with Gasteiger partial charge in [0, 0.05) is 25.7 Å². The van der Waals surface area contributed by atoms with E-state index in [1.165, 1.54) is 0 Å². The molecule has 1 heterocycles. The van der Waals surface area contributed by atoms with Gasteiger partial charge in [-0.05, 0) is 24.1 Å². The van der Waals surface area contributed by atoms with Crippen molar-refractivity contribution in [1.29, 1.82) is 0 Å². The average molecular weight is 356 g/mol. The zero-order valence-corrected chi connectivity index (χ0v) is 14.0. The number of hydrogen-bond donors (Lipinski definition) is 5. The second kappa shape index (κ2) is 8.59. The fourth-order valence-corrected chi connectivity index (χ4v) is 2.90. The Balaban J connectivity index is 2.20. The van der Waals surface area contributed by atoms with Crippen LogP contribution in [0.2, 0.25) is 0 Å². The zero-order valence-electron chi connectivity index (χ0n) is 15.0. The maximum Gasteiger partial charge on any atom is 0.335 e. The summed E-state index contributed by atoms with van der Waals surface area (Å²) in [6, 6.07) is 5.45. The minimum absolute atomic E-state index is 0.142. The van der Waals surface area contributed by atoms with E-state index in [0.29, 0.717) is 6.54 Å². The molecule has 0 aromatic heterocycles. The second-order valence-electron chi connectivity index (χ2n) is 5.98. The van der Waals surface area contributed by atoms with Gasteiger partial charge in [-0.3, -0.25) is 0 Å². The molecule has 2 rings (SSSR count). The van der Waals surface area contributed by atoms with Crippen molar-refractivity contribution in [3.8, 4) is 0 Å². The van der Waals surface area contributed by atoms with E-state index >= 15 is 0 Å². The van der Waals surface area contributed by atoms with Gasteiger partial charge in [-0.1, -0.05) is 12.1 Å². The molecule has 1 saturated heterocycles. The Kier molecular flexibility index (Phi) is 6.22. The molecule has 1 fully saturated rings. The molecule has 0 amide bonds. The Morgan fingerprint density at radius 2 is 2.08 bits per heavy atom. The quantitative estimate of drug-likeness (QED) is 0.452. The summed E-state index contributed by atoms with van der Waals surface area (Å²) < 4.78 is 17.4. The number of hydrogen-bond acceptors (Lipinski definition) is 7. The van der Waals surface area contributed by atoms with Crippen molar-refractivity contribution in [3.63, 3.8) is 0 Å². The van der Waals surface area contributed by atoms with Gasteiger partial charge in [0.15, 0.2) is 6.10 Å². The highest BCUT2D eigenvalue weighted by atomic mass is 16.6. The third-order valence-corrected chi connectivity index (χ3v) is 4.19. The molecule has 140 valence electrons. The van der Waals surface area contributed by atoms with Gasteiger partial charge >= 0.3 is 5.97 Å². The van der Waals surface area contributed by atoms with Crippen LogP contribution in [-0.2, 0) is 27.3 Å². The highest BCUT2D eigenvalue weighted by molar-refractivity contribution is 5.73. The minimum atomic E-state index is -1.70. The van der Waals surface area contributed by atoms with Crippen LogP contribution in [0.3, 0.4) is 0 Å². The summed E-state index contributed by atoms with van der Waals surface area (Å²) in [4.78, 5) is 11.2. The minimum Gasteiger partial charge on any atom is -0.479 e. The Hall–Kier alpha value is -1.71. The van der Waals surface area contributed by atoms with E-state index in [1.54, 1.807) is 12.1 Å². The lowest BCUT2D eigenvalue weighted by Gasteiger charge is -2.39. The Labute approximate surface area is 147 Å². The molecule has 8 heteroatoms. The summed E-state index contributed by atoms with van der Waals surface area (Å²) in [7, 11) is -0.142. The number of aliphatic hydroxyl groups excluding tert-OH is 3. The molecule has 0 spiro atoms. The standard InChI is InChI=1S/C17H25NO7/c1-3-18-11-6-9(8-24-2)4-5-10(11)7-12-13(19)14(20)15(21)16(25-12)17(22)23/h4-6,12-16,18-21H,3,7-8H2,1-2H3,(H,22,23)/i2D. The van der Waals surface area contributed by atoms with Gasteiger partial charge in [0.2, 0.25) is 0 Å². The first-order chi connectivity index (χ1) is 12.4. The molecule has 5 N–H and O–H groups in total. The fraction of sp³-hybridized carbons (Fsp3) is 0.588. The molecule has 1 aliphatic rings. The molecular weight excluding hydrogens is 330 g/mol. The van der Waals surface area contributed by atoms with Crippen LogP contribution < -0.4 is 5.32 Å². The predicted octanol–water partition coefficient (Wildman–Crippen LogP) is -0.258. The normalized spacial score (nSPS) is 29.9. The van der Waals surface area contributed by atoms with Crippen LogP contribution in [0.4, 0.5) is 5.69 Å². The monoisotopic (exact) mass is 356 g/mol. The maximum absolute atomic E-state index is 11.2. The molecule has 1 aromatic rings. The number of aliphatic carboxylic acids is 1. The lowest BCUT2D eigenvalue weighted by molar-refractivity contribution is -0.227. The second-order valence-corrected chi connectivity index (χ2v) is 5.98. The van der Waals surface area contributed by atoms with Crippen LogP contribution in [0.25, 0.3) is 0 Å². The number of nitrogens with one attached hydrogen (secondary N) is 1. The molecule has 5 unspecified atom stereocenters. The molecule has 0 saturated carbocycles. The first-order valence-corrected chi connectivity index (χ1v) is 8.04.